The van der Waals surface area contributed by atoms with Gasteiger partial charge in [0.1, 0.15) is 0 Å². The van der Waals surface area contributed by atoms with Crippen LogP contribution in [-0.2, 0) is 0 Å². The summed E-state index contributed by atoms with van der Waals surface area (Å²) in [5.41, 5.74) is 1.04. The van der Waals surface area contributed by atoms with E-state index in [-0.39, 0.29) is 5.56 Å². The fourth-order valence-corrected chi connectivity index (χ4v) is 1.85. The highest BCUT2D eigenvalue weighted by Crippen LogP contribution is 2.23. The van der Waals surface area contributed by atoms with Crippen molar-refractivity contribution in [1.29, 1.82) is 0 Å². The molecule has 2 aromatic rings. The number of carboxylic acids is 1. The summed E-state index contributed by atoms with van der Waals surface area (Å²) < 4.78 is 0.702. The maximum Gasteiger partial charge on any atom is 0.335 e. The maximum absolute atomic E-state index is 10.8. The lowest BCUT2D eigenvalue weighted by Crippen LogP contribution is -1.96. The van der Waals surface area contributed by atoms with Crippen LogP contribution in [-0.4, -0.2) is 16.1 Å². The van der Waals surface area contributed by atoms with E-state index in [1.165, 1.54) is 0 Å². The first-order valence-corrected chi connectivity index (χ1v) is 4.75. The Morgan fingerprint density at radius 3 is 2.93 bits per heavy atom. The van der Waals surface area contributed by atoms with E-state index in [1.54, 1.807) is 24.4 Å². The van der Waals surface area contributed by atoms with Gasteiger partial charge < -0.3 is 5.11 Å². The molecule has 0 aliphatic carbocycles. The molecule has 0 bridgehead atoms. The van der Waals surface area contributed by atoms with Gasteiger partial charge in [-0.25, -0.2) is 4.79 Å². The first-order valence-electron chi connectivity index (χ1n) is 3.96. The molecular weight excluding hydrogens is 246 g/mol. The molecule has 1 heterocycles. The monoisotopic (exact) mass is 251 g/mol. The molecule has 0 spiro atoms. The topological polar surface area (TPSA) is 50.2 Å². The van der Waals surface area contributed by atoms with Crippen LogP contribution in [0.15, 0.2) is 34.9 Å². The second-order valence-corrected chi connectivity index (χ2v) is 3.69. The number of hydrogen-bond acceptors (Lipinski definition) is 2. The molecule has 2 rings (SSSR count). The fraction of sp³-hybridized carbons (Fsp3) is 0. The van der Waals surface area contributed by atoms with Crippen molar-refractivity contribution < 1.29 is 9.90 Å². The lowest BCUT2D eigenvalue weighted by Gasteiger charge is -2.01. The number of hydrogen-bond donors (Lipinski definition) is 1. The number of benzene rings is 1. The lowest BCUT2D eigenvalue weighted by molar-refractivity contribution is 0.0697. The standard InChI is InChI=1S/C10H6BrNO2/c11-8-5-7(10(13)14)4-6-2-1-3-12-9(6)8/h1-5H,(H,13,14). The Balaban J connectivity index is 2.78. The molecule has 14 heavy (non-hydrogen) atoms. The predicted molar refractivity (Wildman–Crippen MR) is 56.4 cm³/mol. The van der Waals surface area contributed by atoms with E-state index >= 15 is 0 Å². The molecule has 4 heteroatoms. The highest BCUT2D eigenvalue weighted by molar-refractivity contribution is 9.10. The highest BCUT2D eigenvalue weighted by atomic mass is 79.9. The molecule has 0 saturated carbocycles. The Labute approximate surface area is 88.5 Å². The van der Waals surface area contributed by atoms with E-state index in [4.69, 9.17) is 5.11 Å². The van der Waals surface area contributed by atoms with Gasteiger partial charge in [0.05, 0.1) is 11.1 Å². The third kappa shape index (κ3) is 1.48. The minimum Gasteiger partial charge on any atom is -0.478 e. The number of carboxylic acid groups (broad SMARTS) is 1. The van der Waals surface area contributed by atoms with Crippen LogP contribution in [0.4, 0.5) is 0 Å². The number of aromatic nitrogens is 1. The molecule has 0 amide bonds. The maximum atomic E-state index is 10.8. The van der Waals surface area contributed by atoms with Gasteiger partial charge in [0, 0.05) is 16.1 Å². The predicted octanol–water partition coefficient (Wildman–Crippen LogP) is 2.70. The number of fused-ring (bicyclic) bond motifs is 1. The van der Waals surface area contributed by atoms with Crippen LogP contribution in [0.3, 0.4) is 0 Å². The summed E-state index contributed by atoms with van der Waals surface area (Å²) >= 11 is 3.29. The first-order chi connectivity index (χ1) is 6.68. The van der Waals surface area contributed by atoms with Gasteiger partial charge in [0.15, 0.2) is 0 Å². The number of carbonyl (C=O) groups is 1. The van der Waals surface area contributed by atoms with E-state index in [2.05, 4.69) is 20.9 Å². The lowest BCUT2D eigenvalue weighted by atomic mass is 10.1. The van der Waals surface area contributed by atoms with E-state index in [0.29, 0.717) is 4.47 Å². The van der Waals surface area contributed by atoms with Crippen LogP contribution in [0.2, 0.25) is 0 Å². The molecule has 1 aromatic carbocycles. The second-order valence-electron chi connectivity index (χ2n) is 2.84. The zero-order valence-electron chi connectivity index (χ0n) is 7.07. The molecule has 0 radical (unpaired) electrons. The zero-order chi connectivity index (χ0) is 10.1. The molecule has 0 unspecified atom stereocenters. The molecule has 0 aliphatic heterocycles. The molecule has 70 valence electrons. The van der Waals surface area contributed by atoms with Gasteiger partial charge in [-0.2, -0.15) is 0 Å². The van der Waals surface area contributed by atoms with Gasteiger partial charge in [-0.15, -0.1) is 0 Å². The Kier molecular flexibility index (Phi) is 2.21. The van der Waals surface area contributed by atoms with Crippen molar-refractivity contribution in [2.24, 2.45) is 0 Å². The van der Waals surface area contributed by atoms with Gasteiger partial charge in [-0.1, -0.05) is 6.07 Å². The number of halogens is 1. The Morgan fingerprint density at radius 2 is 2.21 bits per heavy atom. The summed E-state index contributed by atoms with van der Waals surface area (Å²) in [6.07, 6.45) is 1.67. The fourth-order valence-electron chi connectivity index (χ4n) is 1.27. The van der Waals surface area contributed by atoms with Gasteiger partial charge in [0.2, 0.25) is 0 Å². The van der Waals surface area contributed by atoms with Crippen LogP contribution in [0.5, 0.6) is 0 Å². The normalized spacial score (nSPS) is 10.4. The molecule has 0 aliphatic rings. The van der Waals surface area contributed by atoms with Gasteiger partial charge in [-0.05, 0) is 34.1 Å². The van der Waals surface area contributed by atoms with Gasteiger partial charge in [-0.3, -0.25) is 4.98 Å². The zero-order valence-corrected chi connectivity index (χ0v) is 8.65. The van der Waals surface area contributed by atoms with Crippen LogP contribution >= 0.6 is 15.9 Å². The summed E-state index contributed by atoms with van der Waals surface area (Å²) in [5.74, 6) is -0.934. The summed E-state index contributed by atoms with van der Waals surface area (Å²) in [6, 6.07) is 6.77. The first kappa shape index (κ1) is 9.15. The summed E-state index contributed by atoms with van der Waals surface area (Å²) in [6.45, 7) is 0. The number of pyridine rings is 1. The highest BCUT2D eigenvalue weighted by Gasteiger charge is 2.07. The summed E-state index contributed by atoms with van der Waals surface area (Å²) in [4.78, 5) is 14.9. The Bertz CT molecular complexity index is 510. The summed E-state index contributed by atoms with van der Waals surface area (Å²) in [5, 5.41) is 9.65. The third-order valence-corrected chi connectivity index (χ3v) is 2.51. The van der Waals surface area contributed by atoms with E-state index in [0.717, 1.165) is 10.9 Å². The average molecular weight is 252 g/mol. The number of rotatable bonds is 1. The van der Waals surface area contributed by atoms with Crippen molar-refractivity contribution >= 4 is 32.8 Å². The molecular formula is C10H6BrNO2. The van der Waals surface area contributed by atoms with Gasteiger partial charge >= 0.3 is 5.97 Å². The molecule has 0 fully saturated rings. The third-order valence-electron chi connectivity index (χ3n) is 1.91. The Hall–Kier alpha value is -1.42. The van der Waals surface area contributed by atoms with Crippen LogP contribution in [0, 0.1) is 0 Å². The van der Waals surface area contributed by atoms with E-state index in [9.17, 15) is 4.79 Å². The number of nitrogens with zero attached hydrogens (tertiary/aromatic N) is 1. The molecule has 3 nitrogen and oxygen atoms in total. The van der Waals surface area contributed by atoms with Crippen molar-refractivity contribution in [2.45, 2.75) is 0 Å². The minimum absolute atomic E-state index is 0.261. The van der Waals surface area contributed by atoms with Crippen LogP contribution < -0.4 is 0 Å². The molecule has 0 atom stereocenters. The molecule has 1 aromatic heterocycles. The van der Waals surface area contributed by atoms with Crippen molar-refractivity contribution in [2.75, 3.05) is 0 Å². The van der Waals surface area contributed by atoms with Crippen molar-refractivity contribution in [1.82, 2.24) is 4.98 Å². The average Bonchev–Trinajstić information content (AvgIpc) is 2.17. The number of aromatic carboxylic acids is 1. The SMILES string of the molecule is O=C(O)c1cc(Br)c2ncccc2c1. The minimum atomic E-state index is -0.934. The van der Waals surface area contributed by atoms with Crippen molar-refractivity contribution in [3.63, 3.8) is 0 Å². The van der Waals surface area contributed by atoms with E-state index in [1.807, 2.05) is 6.07 Å². The van der Waals surface area contributed by atoms with Crippen LogP contribution in [0.1, 0.15) is 10.4 Å². The smallest absolute Gasteiger partial charge is 0.335 e. The van der Waals surface area contributed by atoms with E-state index < -0.39 is 5.97 Å². The summed E-state index contributed by atoms with van der Waals surface area (Å²) in [7, 11) is 0. The van der Waals surface area contributed by atoms with Crippen LogP contribution in [0.25, 0.3) is 10.9 Å². The molecule has 0 saturated heterocycles. The molecule has 1 N–H and O–H groups in total. The quantitative estimate of drug-likeness (QED) is 0.848. The second kappa shape index (κ2) is 3.38. The van der Waals surface area contributed by atoms with Crippen molar-refractivity contribution in [3.8, 4) is 0 Å². The van der Waals surface area contributed by atoms with Gasteiger partial charge in [0.25, 0.3) is 0 Å². The Morgan fingerprint density at radius 1 is 1.43 bits per heavy atom. The largest absolute Gasteiger partial charge is 0.478 e. The van der Waals surface area contributed by atoms with Crippen molar-refractivity contribution in [3.05, 3.63) is 40.5 Å².